The molecular formula is C24H26N2O5. The van der Waals surface area contributed by atoms with Gasteiger partial charge < -0.3 is 24.4 Å². The number of benzene rings is 2. The van der Waals surface area contributed by atoms with Gasteiger partial charge in [-0.1, -0.05) is 44.2 Å². The van der Waals surface area contributed by atoms with E-state index in [9.17, 15) is 14.7 Å². The number of fused-ring (bicyclic) bond motifs is 1. The molecule has 1 fully saturated rings. The van der Waals surface area contributed by atoms with Gasteiger partial charge in [-0.25, -0.2) is 0 Å². The lowest BCUT2D eigenvalue weighted by molar-refractivity contribution is -0.140. The molecule has 1 N–H and O–H groups in total. The summed E-state index contributed by atoms with van der Waals surface area (Å²) in [5.74, 6) is -0.408. The first-order valence-electron chi connectivity index (χ1n) is 10.5. The fourth-order valence-electron chi connectivity index (χ4n) is 4.08. The van der Waals surface area contributed by atoms with Crippen LogP contribution in [0.2, 0.25) is 0 Å². The number of rotatable bonds is 7. The highest BCUT2D eigenvalue weighted by atomic mass is 16.7. The first-order chi connectivity index (χ1) is 15.0. The van der Waals surface area contributed by atoms with E-state index in [2.05, 4.69) is 18.7 Å². The highest BCUT2D eigenvalue weighted by molar-refractivity contribution is 6.46. The third kappa shape index (κ3) is 3.88. The number of carbonyl (C=O) groups is 2. The minimum absolute atomic E-state index is 0.0922. The molecule has 7 nitrogen and oxygen atoms in total. The quantitative estimate of drug-likeness (QED) is 0.419. The van der Waals surface area contributed by atoms with Crippen LogP contribution in [-0.4, -0.2) is 59.6 Å². The molecule has 0 radical (unpaired) electrons. The Kier molecular flexibility index (Phi) is 5.95. The van der Waals surface area contributed by atoms with Crippen LogP contribution in [-0.2, 0) is 9.59 Å². The maximum absolute atomic E-state index is 13.1. The Morgan fingerprint density at radius 1 is 1.06 bits per heavy atom. The molecule has 4 rings (SSSR count). The topological polar surface area (TPSA) is 79.3 Å². The van der Waals surface area contributed by atoms with Crippen LogP contribution >= 0.6 is 0 Å². The molecule has 2 aromatic rings. The third-order valence-corrected chi connectivity index (χ3v) is 5.85. The summed E-state index contributed by atoms with van der Waals surface area (Å²) in [7, 11) is 0. The minimum Gasteiger partial charge on any atom is -0.507 e. The molecule has 1 unspecified atom stereocenters. The number of hydrogen-bond donors (Lipinski definition) is 1. The third-order valence-electron chi connectivity index (χ3n) is 5.85. The molecule has 1 saturated heterocycles. The number of likely N-dealkylation sites (tertiary alicyclic amines) is 1. The molecule has 0 saturated carbocycles. The Morgan fingerprint density at radius 2 is 1.77 bits per heavy atom. The summed E-state index contributed by atoms with van der Waals surface area (Å²) in [6.45, 7) is 6.98. The lowest BCUT2D eigenvalue weighted by Gasteiger charge is -2.28. The van der Waals surface area contributed by atoms with Crippen molar-refractivity contribution in [3.8, 4) is 11.5 Å². The fraction of sp³-hybridized carbons (Fsp3) is 0.333. The van der Waals surface area contributed by atoms with Crippen molar-refractivity contribution < 1.29 is 24.2 Å². The van der Waals surface area contributed by atoms with Gasteiger partial charge in [-0.05, 0) is 36.9 Å². The Bertz CT molecular complexity index is 1010. The summed E-state index contributed by atoms with van der Waals surface area (Å²) >= 11 is 0. The summed E-state index contributed by atoms with van der Waals surface area (Å²) < 4.78 is 10.7. The van der Waals surface area contributed by atoms with Crippen LogP contribution in [0.25, 0.3) is 5.76 Å². The molecule has 1 amide bonds. The van der Waals surface area contributed by atoms with E-state index in [1.165, 1.54) is 0 Å². The lowest BCUT2D eigenvalue weighted by atomic mass is 9.95. The molecule has 2 aliphatic heterocycles. The second-order valence-corrected chi connectivity index (χ2v) is 7.50. The Morgan fingerprint density at radius 3 is 2.48 bits per heavy atom. The first kappa shape index (κ1) is 20.9. The summed E-state index contributed by atoms with van der Waals surface area (Å²) in [6.07, 6.45) is 0. The fourth-order valence-corrected chi connectivity index (χ4v) is 4.08. The van der Waals surface area contributed by atoms with Crippen LogP contribution in [0.1, 0.15) is 31.0 Å². The summed E-state index contributed by atoms with van der Waals surface area (Å²) in [4.78, 5) is 29.8. The van der Waals surface area contributed by atoms with Gasteiger partial charge in [0.2, 0.25) is 6.79 Å². The van der Waals surface area contributed by atoms with E-state index in [1.54, 1.807) is 23.1 Å². The maximum Gasteiger partial charge on any atom is 0.295 e. The average Bonchev–Trinajstić information content (AvgIpc) is 3.37. The SMILES string of the molecule is CCN(CC)CCN1C(=O)C(=O)/C(=C(/O)c2ccc3c(c2)OCO3)C1c1ccccc1. The van der Waals surface area contributed by atoms with Crippen molar-refractivity contribution in [2.45, 2.75) is 19.9 Å². The van der Waals surface area contributed by atoms with Gasteiger partial charge in [-0.3, -0.25) is 9.59 Å². The lowest BCUT2D eigenvalue weighted by Crippen LogP contribution is -2.38. The van der Waals surface area contributed by atoms with E-state index in [0.29, 0.717) is 30.2 Å². The highest BCUT2D eigenvalue weighted by Gasteiger charge is 2.46. The number of nitrogens with zero attached hydrogens (tertiary/aromatic N) is 2. The monoisotopic (exact) mass is 422 g/mol. The largest absolute Gasteiger partial charge is 0.507 e. The molecule has 31 heavy (non-hydrogen) atoms. The van der Waals surface area contributed by atoms with Gasteiger partial charge in [-0.2, -0.15) is 0 Å². The molecular weight excluding hydrogens is 396 g/mol. The molecule has 162 valence electrons. The predicted octanol–water partition coefficient (Wildman–Crippen LogP) is 3.18. The van der Waals surface area contributed by atoms with Crippen LogP contribution < -0.4 is 9.47 Å². The van der Waals surface area contributed by atoms with Crippen molar-refractivity contribution in [1.82, 2.24) is 9.80 Å². The van der Waals surface area contributed by atoms with Crippen LogP contribution in [0, 0.1) is 0 Å². The summed E-state index contributed by atoms with van der Waals surface area (Å²) in [5.41, 5.74) is 1.28. The van der Waals surface area contributed by atoms with E-state index >= 15 is 0 Å². The molecule has 0 aliphatic carbocycles. The minimum atomic E-state index is -0.677. The van der Waals surface area contributed by atoms with Gasteiger partial charge in [0, 0.05) is 18.7 Å². The number of Topliss-reactive ketones (excluding diaryl/α,β-unsaturated/α-hetero) is 1. The molecule has 2 heterocycles. The van der Waals surface area contributed by atoms with E-state index in [-0.39, 0.29) is 18.1 Å². The van der Waals surface area contributed by atoms with Crippen molar-refractivity contribution in [2.75, 3.05) is 33.0 Å². The number of hydrogen-bond acceptors (Lipinski definition) is 6. The predicted molar refractivity (Wildman–Crippen MR) is 116 cm³/mol. The number of likely N-dealkylation sites (N-methyl/N-ethyl adjacent to an activating group) is 1. The van der Waals surface area contributed by atoms with Gasteiger partial charge in [0.05, 0.1) is 11.6 Å². The Hall–Kier alpha value is -3.32. The average molecular weight is 422 g/mol. The zero-order valence-electron chi connectivity index (χ0n) is 17.7. The van der Waals surface area contributed by atoms with Crippen LogP contribution in [0.4, 0.5) is 0 Å². The van der Waals surface area contributed by atoms with Gasteiger partial charge in [-0.15, -0.1) is 0 Å². The number of ketones is 1. The molecule has 0 spiro atoms. The second-order valence-electron chi connectivity index (χ2n) is 7.50. The zero-order valence-corrected chi connectivity index (χ0v) is 17.7. The standard InChI is InChI=1S/C24H26N2O5/c1-3-25(4-2)12-13-26-21(16-8-6-5-7-9-16)20(23(28)24(26)29)22(27)17-10-11-18-19(14-17)31-15-30-18/h5-11,14,21,27H,3-4,12-13,15H2,1-2H3/b22-20+. The van der Waals surface area contributed by atoms with E-state index in [4.69, 9.17) is 9.47 Å². The van der Waals surface area contributed by atoms with Gasteiger partial charge in [0.25, 0.3) is 11.7 Å². The smallest absolute Gasteiger partial charge is 0.295 e. The number of aliphatic hydroxyl groups excluding tert-OH is 1. The van der Waals surface area contributed by atoms with E-state index in [0.717, 1.165) is 18.7 Å². The molecule has 2 aliphatic rings. The molecule has 2 aromatic carbocycles. The van der Waals surface area contributed by atoms with Gasteiger partial charge in [0.15, 0.2) is 11.5 Å². The van der Waals surface area contributed by atoms with Crippen molar-refractivity contribution in [3.63, 3.8) is 0 Å². The van der Waals surface area contributed by atoms with E-state index in [1.807, 2.05) is 30.3 Å². The van der Waals surface area contributed by atoms with E-state index < -0.39 is 17.7 Å². The van der Waals surface area contributed by atoms with Crippen molar-refractivity contribution >= 4 is 17.4 Å². The second kappa shape index (κ2) is 8.81. The zero-order chi connectivity index (χ0) is 22.0. The van der Waals surface area contributed by atoms with Crippen molar-refractivity contribution in [3.05, 3.63) is 65.2 Å². The highest BCUT2D eigenvalue weighted by Crippen LogP contribution is 2.41. The number of ether oxygens (including phenoxy) is 2. The normalized spacial score (nSPS) is 19.5. The number of amides is 1. The van der Waals surface area contributed by atoms with Crippen LogP contribution in [0.3, 0.4) is 0 Å². The number of carbonyl (C=O) groups excluding carboxylic acids is 2. The van der Waals surface area contributed by atoms with Crippen molar-refractivity contribution in [1.29, 1.82) is 0 Å². The van der Waals surface area contributed by atoms with Crippen molar-refractivity contribution in [2.24, 2.45) is 0 Å². The van der Waals surface area contributed by atoms with Gasteiger partial charge in [0.1, 0.15) is 5.76 Å². The van der Waals surface area contributed by atoms with Crippen LogP contribution in [0.15, 0.2) is 54.1 Å². The summed E-state index contributed by atoms with van der Waals surface area (Å²) in [6, 6.07) is 13.7. The number of aliphatic hydroxyl groups is 1. The van der Waals surface area contributed by atoms with Crippen LogP contribution in [0.5, 0.6) is 11.5 Å². The molecule has 0 aromatic heterocycles. The first-order valence-corrected chi connectivity index (χ1v) is 10.5. The molecule has 0 bridgehead atoms. The maximum atomic E-state index is 13.1. The summed E-state index contributed by atoms with van der Waals surface area (Å²) in [5, 5.41) is 11.1. The molecule has 1 atom stereocenters. The Balaban J connectivity index is 1.77. The van der Waals surface area contributed by atoms with Gasteiger partial charge >= 0.3 is 0 Å². The molecule has 7 heteroatoms. The Labute approximate surface area is 181 Å².